The molecule has 0 rings (SSSR count). The van der Waals surface area contributed by atoms with Gasteiger partial charge < -0.3 is 18.9 Å². The van der Waals surface area contributed by atoms with Gasteiger partial charge >= 0.3 is 19.8 Å². The molecule has 2 unspecified atom stereocenters. The number of unbranched alkanes of at least 4 members (excludes halogenated alkanes) is 10. The second-order valence-electron chi connectivity index (χ2n) is 15.3. The summed E-state index contributed by atoms with van der Waals surface area (Å²) < 4.78 is 34.2. The van der Waals surface area contributed by atoms with Crippen molar-refractivity contribution in [3.8, 4) is 0 Å². The summed E-state index contributed by atoms with van der Waals surface area (Å²) in [5.74, 6) is -0.915. The Balaban J connectivity index is 4.47. The first-order chi connectivity index (χ1) is 27.5. The van der Waals surface area contributed by atoms with Crippen molar-refractivity contribution in [3.05, 3.63) is 85.1 Å². The Morgan fingerprint density at radius 3 is 1.56 bits per heavy atom. The molecule has 326 valence electrons. The van der Waals surface area contributed by atoms with E-state index in [4.69, 9.17) is 18.5 Å². The van der Waals surface area contributed by atoms with E-state index in [2.05, 4.69) is 86.8 Å². The fraction of sp³-hybridized carbons (Fsp3) is 0.660. The number of phosphoric ester groups is 1. The molecule has 2 atom stereocenters. The highest BCUT2D eigenvalue weighted by atomic mass is 31.2. The summed E-state index contributed by atoms with van der Waals surface area (Å²) in [6.07, 6.45) is 49.3. The van der Waals surface area contributed by atoms with Crippen LogP contribution in [0, 0.1) is 0 Å². The van der Waals surface area contributed by atoms with E-state index in [1.807, 2.05) is 33.3 Å². The van der Waals surface area contributed by atoms with Crippen molar-refractivity contribution in [1.29, 1.82) is 0 Å². The molecule has 0 saturated carbocycles. The summed E-state index contributed by atoms with van der Waals surface area (Å²) in [4.78, 5) is 35.3. The third kappa shape index (κ3) is 42.6. The number of ether oxygens (including phenoxy) is 2. The molecule has 9 nitrogen and oxygen atoms in total. The summed E-state index contributed by atoms with van der Waals surface area (Å²) in [7, 11) is 1.41. The lowest BCUT2D eigenvalue weighted by atomic mass is 10.1. The van der Waals surface area contributed by atoms with Crippen LogP contribution in [0.1, 0.15) is 149 Å². The van der Waals surface area contributed by atoms with E-state index in [0.29, 0.717) is 23.9 Å². The number of carbonyl (C=O) groups is 2. The van der Waals surface area contributed by atoms with Crippen LogP contribution in [0.5, 0.6) is 0 Å². The lowest BCUT2D eigenvalue weighted by Gasteiger charge is -2.24. The van der Waals surface area contributed by atoms with E-state index < -0.39 is 32.5 Å². The quantitative estimate of drug-likeness (QED) is 0.0216. The molecule has 0 aliphatic rings. The molecule has 0 spiro atoms. The molecule has 0 bridgehead atoms. The van der Waals surface area contributed by atoms with Gasteiger partial charge in [-0.05, 0) is 77.0 Å². The summed E-state index contributed by atoms with van der Waals surface area (Å²) in [5.41, 5.74) is 0. The average Bonchev–Trinajstić information content (AvgIpc) is 3.16. The van der Waals surface area contributed by atoms with Crippen LogP contribution in [0.4, 0.5) is 0 Å². The summed E-state index contributed by atoms with van der Waals surface area (Å²) in [5, 5.41) is 0. The minimum atomic E-state index is -4.40. The van der Waals surface area contributed by atoms with Crippen molar-refractivity contribution in [2.24, 2.45) is 0 Å². The fourth-order valence-electron chi connectivity index (χ4n) is 5.27. The molecule has 0 aliphatic carbocycles. The Morgan fingerprint density at radius 2 is 1.04 bits per heavy atom. The van der Waals surface area contributed by atoms with Crippen molar-refractivity contribution in [1.82, 2.24) is 0 Å². The maximum absolute atomic E-state index is 12.6. The van der Waals surface area contributed by atoms with Gasteiger partial charge in [-0.3, -0.25) is 18.6 Å². The maximum Gasteiger partial charge on any atom is 0.472 e. The Bertz CT molecular complexity index is 1240. The van der Waals surface area contributed by atoms with Gasteiger partial charge in [-0.2, -0.15) is 0 Å². The van der Waals surface area contributed by atoms with Gasteiger partial charge in [-0.1, -0.05) is 144 Å². The maximum atomic E-state index is 12.6. The predicted molar refractivity (Wildman–Crippen MR) is 238 cm³/mol. The summed E-state index contributed by atoms with van der Waals surface area (Å²) in [6, 6.07) is 0. The first-order valence-corrected chi connectivity index (χ1v) is 23.3. The number of esters is 2. The van der Waals surface area contributed by atoms with Crippen LogP contribution in [0.15, 0.2) is 85.1 Å². The van der Waals surface area contributed by atoms with Gasteiger partial charge in [0.1, 0.15) is 19.8 Å². The number of likely N-dealkylation sites (N-methyl/N-ethyl adjacent to an activating group) is 1. The van der Waals surface area contributed by atoms with Crippen LogP contribution in [-0.2, 0) is 32.7 Å². The predicted octanol–water partition coefficient (Wildman–Crippen LogP) is 12.4. The Labute approximate surface area is 348 Å². The zero-order chi connectivity index (χ0) is 42.1. The van der Waals surface area contributed by atoms with Crippen molar-refractivity contribution in [3.63, 3.8) is 0 Å². The van der Waals surface area contributed by atoms with Gasteiger partial charge in [0, 0.05) is 12.8 Å². The fourth-order valence-corrected chi connectivity index (χ4v) is 6.01. The van der Waals surface area contributed by atoms with Crippen molar-refractivity contribution in [2.75, 3.05) is 47.5 Å². The van der Waals surface area contributed by atoms with E-state index in [-0.39, 0.29) is 26.1 Å². The summed E-state index contributed by atoms with van der Waals surface area (Å²) in [6.45, 7) is 4.17. The summed E-state index contributed by atoms with van der Waals surface area (Å²) >= 11 is 0. The molecule has 57 heavy (non-hydrogen) atoms. The number of hydrogen-bond donors (Lipinski definition) is 1. The van der Waals surface area contributed by atoms with Crippen LogP contribution in [0.2, 0.25) is 0 Å². The van der Waals surface area contributed by atoms with Gasteiger partial charge in [0.05, 0.1) is 27.7 Å². The zero-order valence-electron chi connectivity index (χ0n) is 36.5. The zero-order valence-corrected chi connectivity index (χ0v) is 37.4. The Kier molecular flexibility index (Phi) is 36.8. The topological polar surface area (TPSA) is 108 Å². The van der Waals surface area contributed by atoms with Crippen LogP contribution in [0.3, 0.4) is 0 Å². The number of hydrogen-bond acceptors (Lipinski definition) is 7. The van der Waals surface area contributed by atoms with Crippen LogP contribution in [0.25, 0.3) is 0 Å². The molecule has 0 fully saturated rings. The Hall–Kier alpha value is -2.81. The molecule has 1 N–H and O–H groups in total. The molecule has 0 aromatic carbocycles. The van der Waals surface area contributed by atoms with Gasteiger partial charge in [0.25, 0.3) is 0 Å². The van der Waals surface area contributed by atoms with E-state index >= 15 is 0 Å². The minimum Gasteiger partial charge on any atom is -0.462 e. The largest absolute Gasteiger partial charge is 0.472 e. The molecule has 0 amide bonds. The first kappa shape index (κ1) is 54.2. The minimum absolute atomic E-state index is 0.0135. The van der Waals surface area contributed by atoms with Crippen molar-refractivity contribution in [2.45, 2.75) is 155 Å². The van der Waals surface area contributed by atoms with E-state index in [1.54, 1.807) is 0 Å². The number of quaternary nitrogens is 1. The van der Waals surface area contributed by atoms with Gasteiger partial charge in [0.2, 0.25) is 0 Å². The van der Waals surface area contributed by atoms with Crippen molar-refractivity contribution < 1.29 is 42.1 Å². The SMILES string of the molecule is CC/C=C/C/C=C/C/C=C/C/C=C/C/C=C/CCCCCCC(=O)OCC(COP(=O)(O)OCC[N+](C)(C)C)OC(=O)CC/C=C/C/C=C/CCCCCCCC. The second-order valence-corrected chi connectivity index (χ2v) is 16.8. The van der Waals surface area contributed by atoms with E-state index in [0.717, 1.165) is 70.6 Å². The lowest BCUT2D eigenvalue weighted by molar-refractivity contribution is -0.870. The number of rotatable bonds is 38. The number of allylic oxidation sites excluding steroid dienone is 14. The van der Waals surface area contributed by atoms with Crippen LogP contribution >= 0.6 is 7.82 Å². The highest BCUT2D eigenvalue weighted by Crippen LogP contribution is 2.43. The number of carbonyl (C=O) groups excluding carboxylic acids is 2. The van der Waals surface area contributed by atoms with Gasteiger partial charge in [-0.15, -0.1) is 0 Å². The highest BCUT2D eigenvalue weighted by molar-refractivity contribution is 7.47. The average molecular weight is 819 g/mol. The number of nitrogens with zero attached hydrogens (tertiary/aromatic N) is 1. The van der Waals surface area contributed by atoms with Crippen LogP contribution in [-0.4, -0.2) is 74.9 Å². The smallest absolute Gasteiger partial charge is 0.462 e. The molecule has 0 aliphatic heterocycles. The molecule has 0 heterocycles. The van der Waals surface area contributed by atoms with Crippen LogP contribution < -0.4 is 0 Å². The highest BCUT2D eigenvalue weighted by Gasteiger charge is 2.27. The standard InChI is InChI=1S/C47H80NO8P/c1-6-8-10-12-14-16-18-20-21-22-23-24-25-26-28-29-31-33-35-37-39-46(49)53-43-45(44-55-57(51,52)54-42-41-48(3,4)5)56-47(50)40-38-36-34-32-30-27-19-17-15-13-11-9-7-2/h8,10,14,16,20-21,23-24,26-28,30,34,36,45H,6-7,9,11-13,15,17-19,22,25,29,31-33,35,37-44H2,1-5H3/p+1/b10-8+,16-14+,21-20+,24-23+,28-26+,30-27+,36-34+. The third-order valence-electron chi connectivity index (χ3n) is 8.67. The monoisotopic (exact) mass is 819 g/mol. The van der Waals surface area contributed by atoms with E-state index in [9.17, 15) is 19.0 Å². The van der Waals surface area contributed by atoms with E-state index in [1.165, 1.54) is 38.5 Å². The third-order valence-corrected chi connectivity index (χ3v) is 9.66. The molecule has 10 heteroatoms. The molecule has 0 aromatic rings. The van der Waals surface area contributed by atoms with Crippen molar-refractivity contribution >= 4 is 19.8 Å². The second kappa shape index (κ2) is 38.7. The first-order valence-electron chi connectivity index (χ1n) is 21.8. The normalized spacial score (nSPS) is 14.4. The number of phosphoric acid groups is 1. The molecule has 0 saturated heterocycles. The lowest BCUT2D eigenvalue weighted by Crippen LogP contribution is -2.37. The molecule has 0 radical (unpaired) electrons. The Morgan fingerprint density at radius 1 is 0.561 bits per heavy atom. The molecular formula is C47H81NO8P+. The van der Waals surface area contributed by atoms with Gasteiger partial charge in [-0.25, -0.2) is 4.57 Å². The van der Waals surface area contributed by atoms with Gasteiger partial charge in [0.15, 0.2) is 6.10 Å². The molecule has 0 aromatic heterocycles. The molecular weight excluding hydrogens is 737 g/mol.